The van der Waals surface area contributed by atoms with Crippen LogP contribution in [0.1, 0.15) is 27.7 Å². The normalized spacial score (nSPS) is 23.8. The van der Waals surface area contributed by atoms with Crippen LogP contribution in [0, 0.1) is 0 Å². The summed E-state index contributed by atoms with van der Waals surface area (Å²) in [6.07, 6.45) is 0.369. The number of hydrogen-bond acceptors (Lipinski definition) is 3. The van der Waals surface area contributed by atoms with E-state index in [1.165, 1.54) is 0 Å². The maximum absolute atomic E-state index is 5.70. The molecule has 3 heteroatoms. The van der Waals surface area contributed by atoms with E-state index in [9.17, 15) is 0 Å². The van der Waals surface area contributed by atoms with Crippen molar-refractivity contribution in [3.05, 3.63) is 0 Å². The summed E-state index contributed by atoms with van der Waals surface area (Å²) in [6.45, 7) is 12.9. The molecule has 0 spiro atoms. The Morgan fingerprint density at radius 2 is 1.93 bits per heavy atom. The van der Waals surface area contributed by atoms with E-state index in [4.69, 9.17) is 4.74 Å². The summed E-state index contributed by atoms with van der Waals surface area (Å²) in [4.78, 5) is 2.48. The number of hydrogen-bond donors (Lipinski definition) is 1. The smallest absolute Gasteiger partial charge is 0.0826 e. The average Bonchev–Trinajstić information content (AvgIpc) is 2.15. The van der Waals surface area contributed by atoms with Crippen molar-refractivity contribution in [3.63, 3.8) is 0 Å². The van der Waals surface area contributed by atoms with Gasteiger partial charge in [-0.3, -0.25) is 4.90 Å². The van der Waals surface area contributed by atoms with Gasteiger partial charge in [0.15, 0.2) is 0 Å². The SMILES string of the molecule is CC(C)N(CC1CNCCO1)C(C)C. The van der Waals surface area contributed by atoms with Crippen molar-refractivity contribution in [3.8, 4) is 0 Å². The van der Waals surface area contributed by atoms with Gasteiger partial charge >= 0.3 is 0 Å². The molecule has 0 aromatic carbocycles. The third-order valence-electron chi connectivity index (χ3n) is 2.75. The molecule has 0 saturated carbocycles. The van der Waals surface area contributed by atoms with Gasteiger partial charge in [0, 0.05) is 31.7 Å². The zero-order valence-electron chi connectivity index (χ0n) is 9.92. The van der Waals surface area contributed by atoms with E-state index >= 15 is 0 Å². The molecule has 1 aliphatic rings. The number of nitrogens with one attached hydrogen (secondary N) is 1. The standard InChI is InChI=1S/C11H24N2O/c1-9(2)13(10(3)4)8-11-7-12-5-6-14-11/h9-12H,5-8H2,1-4H3. The highest BCUT2D eigenvalue weighted by molar-refractivity contribution is 4.76. The van der Waals surface area contributed by atoms with Crippen LogP contribution in [0.2, 0.25) is 0 Å². The van der Waals surface area contributed by atoms with E-state index in [0.29, 0.717) is 18.2 Å². The predicted octanol–water partition coefficient (Wildman–Crippen LogP) is 1.09. The maximum Gasteiger partial charge on any atom is 0.0826 e. The molecule has 84 valence electrons. The Morgan fingerprint density at radius 1 is 1.29 bits per heavy atom. The molecule has 1 fully saturated rings. The molecule has 0 aromatic rings. The molecule has 1 heterocycles. The van der Waals surface area contributed by atoms with Crippen molar-refractivity contribution in [1.82, 2.24) is 10.2 Å². The molecule has 0 amide bonds. The number of ether oxygens (including phenoxy) is 1. The minimum Gasteiger partial charge on any atom is -0.374 e. The first-order chi connectivity index (χ1) is 6.61. The van der Waals surface area contributed by atoms with Gasteiger partial charge in [0.05, 0.1) is 12.7 Å². The summed E-state index contributed by atoms with van der Waals surface area (Å²) in [6, 6.07) is 1.20. The van der Waals surface area contributed by atoms with Gasteiger partial charge in [-0.1, -0.05) is 0 Å². The predicted molar refractivity (Wildman–Crippen MR) is 59.6 cm³/mol. The Morgan fingerprint density at radius 3 is 2.36 bits per heavy atom. The topological polar surface area (TPSA) is 24.5 Å². The summed E-state index contributed by atoms with van der Waals surface area (Å²) in [5.74, 6) is 0. The summed E-state index contributed by atoms with van der Waals surface area (Å²) < 4.78 is 5.70. The lowest BCUT2D eigenvalue weighted by atomic mass is 10.2. The summed E-state index contributed by atoms with van der Waals surface area (Å²) in [5.41, 5.74) is 0. The van der Waals surface area contributed by atoms with Gasteiger partial charge in [-0.25, -0.2) is 0 Å². The molecule has 1 rings (SSSR count). The lowest BCUT2D eigenvalue weighted by molar-refractivity contribution is -0.00752. The summed E-state index contributed by atoms with van der Waals surface area (Å²) >= 11 is 0. The van der Waals surface area contributed by atoms with Crippen molar-refractivity contribution < 1.29 is 4.74 Å². The van der Waals surface area contributed by atoms with Gasteiger partial charge in [0.2, 0.25) is 0 Å². The van der Waals surface area contributed by atoms with Crippen LogP contribution in [-0.2, 0) is 4.74 Å². The zero-order valence-corrected chi connectivity index (χ0v) is 9.92. The summed E-state index contributed by atoms with van der Waals surface area (Å²) in [5, 5.41) is 3.37. The highest BCUT2D eigenvalue weighted by Gasteiger charge is 2.20. The number of rotatable bonds is 4. The van der Waals surface area contributed by atoms with Crippen LogP contribution >= 0.6 is 0 Å². The van der Waals surface area contributed by atoms with Gasteiger partial charge in [-0.2, -0.15) is 0 Å². The molecule has 0 radical (unpaired) electrons. The number of nitrogens with zero attached hydrogens (tertiary/aromatic N) is 1. The van der Waals surface area contributed by atoms with E-state index in [-0.39, 0.29) is 0 Å². The second kappa shape index (κ2) is 5.69. The van der Waals surface area contributed by atoms with E-state index in [2.05, 4.69) is 37.9 Å². The maximum atomic E-state index is 5.70. The Bertz CT molecular complexity index is 145. The molecule has 1 aliphatic heterocycles. The second-order valence-corrected chi connectivity index (χ2v) is 4.58. The Kier molecular flexibility index (Phi) is 4.85. The summed E-state index contributed by atoms with van der Waals surface area (Å²) in [7, 11) is 0. The molecule has 1 saturated heterocycles. The van der Waals surface area contributed by atoms with Crippen molar-refractivity contribution in [2.24, 2.45) is 0 Å². The van der Waals surface area contributed by atoms with Crippen LogP contribution < -0.4 is 5.32 Å². The first-order valence-electron chi connectivity index (χ1n) is 5.69. The Labute approximate surface area is 87.8 Å². The lowest BCUT2D eigenvalue weighted by Gasteiger charge is -2.35. The van der Waals surface area contributed by atoms with E-state index < -0.39 is 0 Å². The second-order valence-electron chi connectivity index (χ2n) is 4.58. The Balaban J connectivity index is 2.37. The monoisotopic (exact) mass is 200 g/mol. The van der Waals surface area contributed by atoms with Crippen LogP contribution in [0.25, 0.3) is 0 Å². The molecular formula is C11H24N2O. The van der Waals surface area contributed by atoms with Gasteiger partial charge < -0.3 is 10.1 Å². The van der Waals surface area contributed by atoms with Crippen LogP contribution in [0.3, 0.4) is 0 Å². The van der Waals surface area contributed by atoms with E-state index in [1.807, 2.05) is 0 Å². The third-order valence-corrected chi connectivity index (χ3v) is 2.75. The zero-order chi connectivity index (χ0) is 10.6. The quantitative estimate of drug-likeness (QED) is 0.735. The largest absolute Gasteiger partial charge is 0.374 e. The van der Waals surface area contributed by atoms with Crippen molar-refractivity contribution >= 4 is 0 Å². The van der Waals surface area contributed by atoms with Crippen LogP contribution in [-0.4, -0.2) is 49.3 Å². The molecule has 1 atom stereocenters. The fraction of sp³-hybridized carbons (Fsp3) is 1.00. The first kappa shape index (κ1) is 12.0. The lowest BCUT2D eigenvalue weighted by Crippen LogP contribution is -2.49. The van der Waals surface area contributed by atoms with Crippen molar-refractivity contribution in [1.29, 1.82) is 0 Å². The highest BCUT2D eigenvalue weighted by Crippen LogP contribution is 2.08. The molecule has 0 bridgehead atoms. The van der Waals surface area contributed by atoms with Crippen molar-refractivity contribution in [2.75, 3.05) is 26.2 Å². The third kappa shape index (κ3) is 3.56. The van der Waals surface area contributed by atoms with Crippen LogP contribution in [0.5, 0.6) is 0 Å². The Hall–Kier alpha value is -0.120. The van der Waals surface area contributed by atoms with E-state index in [0.717, 1.165) is 26.2 Å². The van der Waals surface area contributed by atoms with E-state index in [1.54, 1.807) is 0 Å². The van der Waals surface area contributed by atoms with Gasteiger partial charge in [0.1, 0.15) is 0 Å². The van der Waals surface area contributed by atoms with Crippen LogP contribution in [0.4, 0.5) is 0 Å². The molecule has 1 unspecified atom stereocenters. The van der Waals surface area contributed by atoms with Gasteiger partial charge in [0.25, 0.3) is 0 Å². The number of morpholine rings is 1. The fourth-order valence-electron chi connectivity index (χ4n) is 1.99. The van der Waals surface area contributed by atoms with Crippen LogP contribution in [0.15, 0.2) is 0 Å². The molecule has 0 aliphatic carbocycles. The van der Waals surface area contributed by atoms with Gasteiger partial charge in [-0.15, -0.1) is 0 Å². The molecule has 0 aromatic heterocycles. The highest BCUT2D eigenvalue weighted by atomic mass is 16.5. The molecule has 1 N–H and O–H groups in total. The van der Waals surface area contributed by atoms with Gasteiger partial charge in [-0.05, 0) is 27.7 Å². The average molecular weight is 200 g/mol. The van der Waals surface area contributed by atoms with Crippen molar-refractivity contribution in [2.45, 2.75) is 45.9 Å². The minimum absolute atomic E-state index is 0.369. The fourth-order valence-corrected chi connectivity index (χ4v) is 1.99. The molecule has 14 heavy (non-hydrogen) atoms. The first-order valence-corrected chi connectivity index (χ1v) is 5.69. The molecular weight excluding hydrogens is 176 g/mol. The minimum atomic E-state index is 0.369. The molecule has 3 nitrogen and oxygen atoms in total.